The lowest BCUT2D eigenvalue weighted by Gasteiger charge is -2.31. The van der Waals surface area contributed by atoms with E-state index in [4.69, 9.17) is 14.2 Å². The Bertz CT molecular complexity index is 983. The summed E-state index contributed by atoms with van der Waals surface area (Å²) in [6.07, 6.45) is 2.45. The molecule has 0 unspecified atom stereocenters. The van der Waals surface area contributed by atoms with Crippen molar-refractivity contribution in [2.24, 2.45) is 0 Å². The van der Waals surface area contributed by atoms with Gasteiger partial charge < -0.3 is 19.1 Å². The van der Waals surface area contributed by atoms with Gasteiger partial charge in [0.05, 0.1) is 5.69 Å². The van der Waals surface area contributed by atoms with E-state index in [9.17, 15) is 13.2 Å². The SMILES string of the molecule is CS(=O)(=O)c1snnc1C1CCN(C(=O)COc2ccc3c(c2)OCO3)CC1. The van der Waals surface area contributed by atoms with E-state index in [0.717, 1.165) is 17.8 Å². The summed E-state index contributed by atoms with van der Waals surface area (Å²) in [5, 5.41) is 4.02. The molecule has 0 saturated carbocycles. The Morgan fingerprint density at radius 2 is 2.04 bits per heavy atom. The van der Waals surface area contributed by atoms with Crippen molar-refractivity contribution in [3.63, 3.8) is 0 Å². The molecular weight excluding hydrogens is 406 g/mol. The monoisotopic (exact) mass is 425 g/mol. The number of ether oxygens (including phenoxy) is 3. The molecule has 9 nitrogen and oxygen atoms in total. The Hall–Kier alpha value is -2.40. The number of amides is 1. The molecule has 2 aromatic rings. The third-order valence-electron chi connectivity index (χ3n) is 4.76. The van der Waals surface area contributed by atoms with E-state index in [2.05, 4.69) is 9.59 Å². The highest BCUT2D eigenvalue weighted by Crippen LogP contribution is 2.35. The lowest BCUT2D eigenvalue weighted by Crippen LogP contribution is -2.40. The average molecular weight is 425 g/mol. The highest BCUT2D eigenvalue weighted by Gasteiger charge is 2.30. The molecule has 4 rings (SSSR count). The van der Waals surface area contributed by atoms with E-state index in [0.29, 0.717) is 48.9 Å². The molecule has 0 spiro atoms. The minimum Gasteiger partial charge on any atom is -0.484 e. The van der Waals surface area contributed by atoms with Crippen LogP contribution in [0.2, 0.25) is 0 Å². The molecular formula is C17H19N3O6S2. The van der Waals surface area contributed by atoms with Crippen LogP contribution in [0.4, 0.5) is 0 Å². The first kappa shape index (κ1) is 18.9. The first-order valence-electron chi connectivity index (χ1n) is 8.74. The standard InChI is InChI=1S/C17H19N3O6S2/c1-28(22,23)17-16(18-19-27-17)11-4-6-20(7-5-11)15(21)9-24-12-2-3-13-14(8-12)26-10-25-13/h2-3,8,11H,4-7,9-10H2,1H3. The van der Waals surface area contributed by atoms with Crippen molar-refractivity contribution in [3.8, 4) is 17.2 Å². The highest BCUT2D eigenvalue weighted by atomic mass is 32.2. The maximum Gasteiger partial charge on any atom is 0.260 e. The number of aromatic nitrogens is 2. The van der Waals surface area contributed by atoms with Crippen LogP contribution in [0.3, 0.4) is 0 Å². The average Bonchev–Trinajstić information content (AvgIpc) is 3.34. The normalized spacial score (nSPS) is 17.0. The smallest absolute Gasteiger partial charge is 0.260 e. The zero-order valence-electron chi connectivity index (χ0n) is 15.2. The fourth-order valence-corrected chi connectivity index (χ4v) is 5.03. The van der Waals surface area contributed by atoms with Crippen molar-refractivity contribution < 1.29 is 27.4 Å². The summed E-state index contributed by atoms with van der Waals surface area (Å²) in [4.78, 5) is 14.2. The first-order chi connectivity index (χ1) is 13.4. The van der Waals surface area contributed by atoms with E-state index in [1.54, 1.807) is 23.1 Å². The number of piperidine rings is 1. The quantitative estimate of drug-likeness (QED) is 0.708. The van der Waals surface area contributed by atoms with Gasteiger partial charge in [-0.25, -0.2) is 8.42 Å². The Morgan fingerprint density at radius 3 is 2.79 bits per heavy atom. The lowest BCUT2D eigenvalue weighted by molar-refractivity contribution is -0.134. The molecule has 28 heavy (non-hydrogen) atoms. The van der Waals surface area contributed by atoms with Crippen LogP contribution in [0.1, 0.15) is 24.5 Å². The Labute approximate surface area is 166 Å². The zero-order chi connectivity index (χ0) is 19.7. The summed E-state index contributed by atoms with van der Waals surface area (Å²) in [5.41, 5.74) is 0.524. The summed E-state index contributed by atoms with van der Waals surface area (Å²) in [5.74, 6) is 1.67. The van der Waals surface area contributed by atoms with Gasteiger partial charge in [-0.1, -0.05) is 4.49 Å². The van der Waals surface area contributed by atoms with Crippen LogP contribution < -0.4 is 14.2 Å². The van der Waals surface area contributed by atoms with Crippen LogP contribution in [0.25, 0.3) is 0 Å². The number of carbonyl (C=O) groups excluding carboxylic acids is 1. The number of rotatable bonds is 5. The van der Waals surface area contributed by atoms with E-state index in [-0.39, 0.29) is 29.4 Å². The summed E-state index contributed by atoms with van der Waals surface area (Å²) >= 11 is 0.903. The van der Waals surface area contributed by atoms with Gasteiger partial charge in [-0.3, -0.25) is 4.79 Å². The maximum absolute atomic E-state index is 12.4. The number of fused-ring (bicyclic) bond motifs is 1. The number of hydrogen-bond donors (Lipinski definition) is 0. The lowest BCUT2D eigenvalue weighted by atomic mass is 9.94. The summed E-state index contributed by atoms with van der Waals surface area (Å²) < 4.78 is 43.8. The number of likely N-dealkylation sites (tertiary alicyclic amines) is 1. The van der Waals surface area contributed by atoms with Gasteiger partial charge in [0.15, 0.2) is 32.2 Å². The van der Waals surface area contributed by atoms with Crippen molar-refractivity contribution in [2.45, 2.75) is 23.0 Å². The minimum atomic E-state index is -3.34. The van der Waals surface area contributed by atoms with Crippen molar-refractivity contribution in [1.82, 2.24) is 14.5 Å². The molecule has 0 N–H and O–H groups in total. The van der Waals surface area contributed by atoms with Crippen LogP contribution >= 0.6 is 11.5 Å². The molecule has 0 atom stereocenters. The first-order valence-corrected chi connectivity index (χ1v) is 11.4. The molecule has 1 amide bonds. The molecule has 11 heteroatoms. The number of sulfone groups is 1. The fraction of sp³-hybridized carbons (Fsp3) is 0.471. The van der Waals surface area contributed by atoms with Crippen molar-refractivity contribution in [3.05, 3.63) is 23.9 Å². The zero-order valence-corrected chi connectivity index (χ0v) is 16.8. The third kappa shape index (κ3) is 3.90. The Balaban J connectivity index is 1.31. The summed E-state index contributed by atoms with van der Waals surface area (Å²) in [7, 11) is -3.34. The second-order valence-electron chi connectivity index (χ2n) is 6.68. The minimum absolute atomic E-state index is 0.0118. The van der Waals surface area contributed by atoms with Crippen molar-refractivity contribution >= 4 is 27.3 Å². The molecule has 2 aliphatic rings. The Kier molecular flexibility index (Phi) is 5.11. The number of carbonyl (C=O) groups is 1. The van der Waals surface area contributed by atoms with E-state index < -0.39 is 9.84 Å². The van der Waals surface area contributed by atoms with Gasteiger partial charge in [-0.05, 0) is 25.0 Å². The van der Waals surface area contributed by atoms with Gasteiger partial charge in [0, 0.05) is 42.9 Å². The molecule has 1 saturated heterocycles. The summed E-state index contributed by atoms with van der Waals surface area (Å²) in [6, 6.07) is 5.17. The second-order valence-corrected chi connectivity index (χ2v) is 9.64. The van der Waals surface area contributed by atoms with Gasteiger partial charge in [-0.15, -0.1) is 5.10 Å². The van der Waals surface area contributed by atoms with E-state index in [1.165, 1.54) is 0 Å². The molecule has 0 bridgehead atoms. The van der Waals surface area contributed by atoms with Crippen molar-refractivity contribution in [1.29, 1.82) is 0 Å². The van der Waals surface area contributed by atoms with Gasteiger partial charge in [0.2, 0.25) is 6.79 Å². The molecule has 3 heterocycles. The molecule has 0 aliphatic carbocycles. The number of hydrogen-bond acceptors (Lipinski definition) is 9. The second kappa shape index (κ2) is 7.55. The van der Waals surface area contributed by atoms with E-state index >= 15 is 0 Å². The van der Waals surface area contributed by atoms with Gasteiger partial charge >= 0.3 is 0 Å². The van der Waals surface area contributed by atoms with Gasteiger partial charge in [0.1, 0.15) is 5.75 Å². The maximum atomic E-state index is 12.4. The van der Waals surface area contributed by atoms with E-state index in [1.807, 2.05) is 0 Å². The highest BCUT2D eigenvalue weighted by molar-refractivity contribution is 7.92. The third-order valence-corrected chi connectivity index (χ3v) is 7.31. The molecule has 2 aliphatic heterocycles. The van der Waals surface area contributed by atoms with Crippen LogP contribution in [0.5, 0.6) is 17.2 Å². The fourth-order valence-electron chi connectivity index (χ4n) is 3.30. The molecule has 150 valence electrons. The molecule has 1 fully saturated rings. The van der Waals surface area contributed by atoms with Crippen LogP contribution in [0.15, 0.2) is 22.4 Å². The van der Waals surface area contributed by atoms with Gasteiger partial charge in [0.25, 0.3) is 5.91 Å². The van der Waals surface area contributed by atoms with Crippen LogP contribution in [-0.4, -0.2) is 61.6 Å². The van der Waals surface area contributed by atoms with Crippen LogP contribution in [-0.2, 0) is 14.6 Å². The number of nitrogens with zero attached hydrogens (tertiary/aromatic N) is 3. The molecule has 1 aromatic carbocycles. The predicted octanol–water partition coefficient (Wildman–Crippen LogP) is 1.46. The topological polar surface area (TPSA) is 108 Å². The molecule has 0 radical (unpaired) electrons. The molecule has 1 aromatic heterocycles. The number of benzene rings is 1. The van der Waals surface area contributed by atoms with Gasteiger partial charge in [-0.2, -0.15) is 0 Å². The van der Waals surface area contributed by atoms with Crippen molar-refractivity contribution in [2.75, 3.05) is 32.7 Å². The largest absolute Gasteiger partial charge is 0.484 e. The summed E-state index contributed by atoms with van der Waals surface area (Å²) in [6.45, 7) is 1.16. The Morgan fingerprint density at radius 1 is 1.29 bits per heavy atom. The van der Waals surface area contributed by atoms with Crippen LogP contribution in [0, 0.1) is 0 Å². The predicted molar refractivity (Wildman–Crippen MR) is 99.6 cm³/mol.